The van der Waals surface area contributed by atoms with Gasteiger partial charge >= 0.3 is 69.3 Å². The van der Waals surface area contributed by atoms with Gasteiger partial charge in [0, 0.05) is 0 Å². The van der Waals surface area contributed by atoms with Crippen molar-refractivity contribution in [2.75, 3.05) is 0 Å². The molecule has 0 aliphatic carbocycles. The van der Waals surface area contributed by atoms with Crippen LogP contribution in [0.15, 0.2) is 24.3 Å². The fourth-order valence-electron chi connectivity index (χ4n) is 0.706. The summed E-state index contributed by atoms with van der Waals surface area (Å²) >= 11 is 1.59. The first-order valence-corrected chi connectivity index (χ1v) is 5.05. The van der Waals surface area contributed by atoms with Crippen LogP contribution in [0.4, 0.5) is 0 Å². The second-order valence-corrected chi connectivity index (χ2v) is 3.17. The van der Waals surface area contributed by atoms with Crippen LogP contribution in [-0.2, 0) is 4.44 Å². The average Bonchev–Trinajstić information content (AvgIpc) is 1.90. The summed E-state index contributed by atoms with van der Waals surface area (Å²) < 4.78 is 1.23. The minimum absolute atomic E-state index is 1.23. The molecule has 0 saturated carbocycles. The molecule has 0 spiro atoms. The summed E-state index contributed by atoms with van der Waals surface area (Å²) in [5.41, 5.74) is 2.81. The number of benzene rings is 1. The first-order chi connectivity index (χ1) is 4.33. The Labute approximate surface area is 69.4 Å². The molecule has 0 unspecified atom stereocenters. The van der Waals surface area contributed by atoms with Gasteiger partial charge in [-0.05, 0) is 0 Å². The van der Waals surface area contributed by atoms with Crippen molar-refractivity contribution in [3.8, 4) is 0 Å². The average molecular weight is 224 g/mol. The summed E-state index contributed by atoms with van der Waals surface area (Å²) in [5.74, 6) is 0. The van der Waals surface area contributed by atoms with Crippen LogP contribution in [-0.4, -0.2) is 22.5 Å². The molecule has 0 saturated heterocycles. The summed E-state index contributed by atoms with van der Waals surface area (Å²) in [6, 6.07) is 8.73. The van der Waals surface area contributed by atoms with Gasteiger partial charge in [-0.3, -0.25) is 0 Å². The van der Waals surface area contributed by atoms with Crippen molar-refractivity contribution in [2.24, 2.45) is 0 Å². The van der Waals surface area contributed by atoms with Gasteiger partial charge in [0.15, 0.2) is 0 Å². The zero-order chi connectivity index (χ0) is 6.69. The van der Waals surface area contributed by atoms with E-state index in [9.17, 15) is 0 Å². The van der Waals surface area contributed by atoms with Crippen LogP contribution in [0.25, 0.3) is 0 Å². The molecule has 0 fully saturated rings. The SMILES string of the molecule is Cc1ccc([CH2][Sn])cc1. The van der Waals surface area contributed by atoms with Gasteiger partial charge < -0.3 is 0 Å². The Morgan fingerprint density at radius 1 is 1.22 bits per heavy atom. The molecule has 1 rings (SSSR count). The van der Waals surface area contributed by atoms with Crippen LogP contribution < -0.4 is 0 Å². The monoisotopic (exact) mass is 225 g/mol. The molecule has 0 aromatic heterocycles. The third kappa shape index (κ3) is 2.01. The maximum absolute atomic E-state index is 2.20. The first-order valence-electron chi connectivity index (χ1n) is 3.03. The zero-order valence-electron chi connectivity index (χ0n) is 5.52. The van der Waals surface area contributed by atoms with Crippen molar-refractivity contribution in [1.82, 2.24) is 0 Å². The summed E-state index contributed by atoms with van der Waals surface area (Å²) in [7, 11) is 0. The zero-order valence-corrected chi connectivity index (χ0v) is 8.37. The number of aryl methyl sites for hydroxylation is 1. The molecule has 45 valence electrons. The van der Waals surface area contributed by atoms with Crippen molar-refractivity contribution in [3.05, 3.63) is 35.4 Å². The van der Waals surface area contributed by atoms with Gasteiger partial charge in [-0.25, -0.2) is 0 Å². The second kappa shape index (κ2) is 3.25. The molecule has 1 aromatic rings. The molecule has 0 bridgehead atoms. The molecule has 0 amide bonds. The fraction of sp³-hybridized carbons (Fsp3) is 0.250. The van der Waals surface area contributed by atoms with E-state index >= 15 is 0 Å². The molecule has 0 aliphatic heterocycles. The predicted molar refractivity (Wildman–Crippen MR) is 40.6 cm³/mol. The van der Waals surface area contributed by atoms with E-state index in [1.165, 1.54) is 15.6 Å². The Kier molecular flexibility index (Phi) is 2.58. The minimum atomic E-state index is 1.23. The van der Waals surface area contributed by atoms with Crippen molar-refractivity contribution in [2.45, 2.75) is 11.4 Å². The molecular weight excluding hydrogens is 215 g/mol. The van der Waals surface area contributed by atoms with Crippen molar-refractivity contribution < 1.29 is 0 Å². The molecule has 0 aliphatic rings. The normalized spacial score (nSPS) is 9.56. The summed E-state index contributed by atoms with van der Waals surface area (Å²) in [5, 5.41) is 0. The Balaban J connectivity index is 2.88. The summed E-state index contributed by atoms with van der Waals surface area (Å²) in [6.07, 6.45) is 0. The Morgan fingerprint density at radius 2 is 1.78 bits per heavy atom. The van der Waals surface area contributed by atoms with Crippen LogP contribution in [0, 0.1) is 6.92 Å². The number of hydrogen-bond acceptors (Lipinski definition) is 0. The number of hydrogen-bond donors (Lipinski definition) is 0. The summed E-state index contributed by atoms with van der Waals surface area (Å²) in [6.45, 7) is 2.12. The van der Waals surface area contributed by atoms with Crippen LogP contribution in [0.5, 0.6) is 0 Å². The maximum atomic E-state index is 2.20. The van der Waals surface area contributed by atoms with Gasteiger partial charge in [-0.15, -0.1) is 0 Å². The van der Waals surface area contributed by atoms with E-state index in [2.05, 4.69) is 31.2 Å². The van der Waals surface area contributed by atoms with Crippen molar-refractivity contribution in [3.63, 3.8) is 0 Å². The van der Waals surface area contributed by atoms with Gasteiger partial charge in [0.1, 0.15) is 0 Å². The van der Waals surface area contributed by atoms with Gasteiger partial charge in [0.2, 0.25) is 0 Å². The van der Waals surface area contributed by atoms with E-state index in [0.29, 0.717) is 0 Å². The van der Waals surface area contributed by atoms with Gasteiger partial charge in [0.05, 0.1) is 0 Å². The van der Waals surface area contributed by atoms with E-state index < -0.39 is 0 Å². The van der Waals surface area contributed by atoms with E-state index in [1.54, 1.807) is 22.5 Å². The van der Waals surface area contributed by atoms with Crippen LogP contribution in [0.3, 0.4) is 0 Å². The number of rotatable bonds is 1. The summed E-state index contributed by atoms with van der Waals surface area (Å²) in [4.78, 5) is 0. The second-order valence-electron chi connectivity index (χ2n) is 2.16. The van der Waals surface area contributed by atoms with Crippen molar-refractivity contribution >= 4 is 22.5 Å². The standard InChI is InChI=1S/C8H9.Sn/c1-7-3-5-8(2)6-4-7;/h3-6H,1H2,2H3;. The van der Waals surface area contributed by atoms with Gasteiger partial charge in [-0.1, -0.05) is 0 Å². The molecule has 9 heavy (non-hydrogen) atoms. The Morgan fingerprint density at radius 3 is 2.22 bits per heavy atom. The molecule has 3 radical (unpaired) electrons. The van der Waals surface area contributed by atoms with Crippen molar-refractivity contribution in [1.29, 1.82) is 0 Å². The van der Waals surface area contributed by atoms with Gasteiger partial charge in [-0.2, -0.15) is 0 Å². The topological polar surface area (TPSA) is 0 Å². The predicted octanol–water partition coefficient (Wildman–Crippen LogP) is 1.66. The van der Waals surface area contributed by atoms with Crippen LogP contribution in [0.1, 0.15) is 11.1 Å². The Bertz CT molecular complexity index is 176. The quantitative estimate of drug-likeness (QED) is 0.636. The fourth-order valence-corrected chi connectivity index (χ4v) is 1.38. The van der Waals surface area contributed by atoms with Crippen LogP contribution >= 0.6 is 0 Å². The molecule has 0 N–H and O–H groups in total. The molecule has 1 heteroatoms. The van der Waals surface area contributed by atoms with E-state index in [4.69, 9.17) is 0 Å². The molecule has 0 heterocycles. The first kappa shape index (κ1) is 7.13. The Hall–Kier alpha value is 0.0187. The third-order valence-electron chi connectivity index (χ3n) is 1.32. The molecule has 0 nitrogen and oxygen atoms in total. The third-order valence-corrected chi connectivity index (χ3v) is 2.49. The molecular formula is C8H9Sn. The van der Waals surface area contributed by atoms with E-state index in [-0.39, 0.29) is 0 Å². The van der Waals surface area contributed by atoms with E-state index in [0.717, 1.165) is 0 Å². The van der Waals surface area contributed by atoms with Crippen LogP contribution in [0.2, 0.25) is 0 Å². The van der Waals surface area contributed by atoms with E-state index in [1.807, 2.05) is 0 Å². The molecule has 1 aromatic carbocycles. The van der Waals surface area contributed by atoms with Gasteiger partial charge in [0.25, 0.3) is 0 Å². The molecule has 0 atom stereocenters.